The second kappa shape index (κ2) is 5.93. The van der Waals surface area contributed by atoms with E-state index in [2.05, 4.69) is 0 Å². The topological polar surface area (TPSA) is 63.7 Å². The number of hydrogen-bond acceptors (Lipinski definition) is 4. The van der Waals surface area contributed by atoms with Crippen LogP contribution in [-0.2, 0) is 19.6 Å². The zero-order chi connectivity index (χ0) is 14.8. The average molecular weight is 297 g/mol. The molecule has 0 amide bonds. The summed E-state index contributed by atoms with van der Waals surface area (Å²) in [4.78, 5) is 12.1. The number of benzene rings is 1. The maximum atomic E-state index is 12.4. The number of hydrogen-bond donors (Lipinski definition) is 0. The largest absolute Gasteiger partial charge is 0.463 e. The van der Waals surface area contributed by atoms with Crippen molar-refractivity contribution in [2.75, 3.05) is 13.1 Å². The minimum atomic E-state index is -3.51. The van der Waals surface area contributed by atoms with Crippen molar-refractivity contribution in [2.45, 2.75) is 31.3 Å². The summed E-state index contributed by atoms with van der Waals surface area (Å²) in [6.45, 7) is 4.12. The van der Waals surface area contributed by atoms with Gasteiger partial charge in [-0.3, -0.25) is 4.79 Å². The molecule has 1 atom stereocenters. The molecule has 1 aromatic carbocycles. The van der Waals surface area contributed by atoms with Crippen molar-refractivity contribution in [2.24, 2.45) is 5.92 Å². The predicted molar refractivity (Wildman–Crippen MR) is 74.5 cm³/mol. The lowest BCUT2D eigenvalue weighted by Gasteiger charge is -2.16. The van der Waals surface area contributed by atoms with Crippen LogP contribution >= 0.6 is 0 Å². The molecule has 1 heterocycles. The Morgan fingerprint density at radius 2 is 1.95 bits per heavy atom. The van der Waals surface area contributed by atoms with Crippen molar-refractivity contribution >= 4 is 16.0 Å². The van der Waals surface area contributed by atoms with E-state index < -0.39 is 10.0 Å². The van der Waals surface area contributed by atoms with Crippen LogP contribution in [0.3, 0.4) is 0 Å². The quantitative estimate of drug-likeness (QED) is 0.793. The zero-order valence-corrected chi connectivity index (χ0v) is 12.5. The van der Waals surface area contributed by atoms with Crippen molar-refractivity contribution in [1.29, 1.82) is 0 Å². The Hall–Kier alpha value is -1.40. The molecule has 1 saturated heterocycles. The fraction of sp³-hybridized carbons (Fsp3) is 0.500. The molecule has 110 valence electrons. The summed E-state index contributed by atoms with van der Waals surface area (Å²) >= 11 is 0. The fourth-order valence-electron chi connectivity index (χ4n) is 2.21. The highest BCUT2D eigenvalue weighted by atomic mass is 32.2. The van der Waals surface area contributed by atoms with Crippen LogP contribution in [0.4, 0.5) is 0 Å². The van der Waals surface area contributed by atoms with Crippen LogP contribution in [0, 0.1) is 5.92 Å². The Bertz CT molecular complexity index is 568. The maximum Gasteiger partial charge on any atom is 0.310 e. The van der Waals surface area contributed by atoms with Crippen molar-refractivity contribution in [3.05, 3.63) is 30.3 Å². The van der Waals surface area contributed by atoms with Gasteiger partial charge in [0.2, 0.25) is 10.0 Å². The predicted octanol–water partition coefficient (Wildman–Crippen LogP) is 1.65. The normalized spacial score (nSPS) is 20.2. The molecule has 0 saturated carbocycles. The summed E-state index contributed by atoms with van der Waals surface area (Å²) < 4.78 is 31.3. The lowest BCUT2D eigenvalue weighted by molar-refractivity contribution is -0.151. The summed E-state index contributed by atoms with van der Waals surface area (Å²) in [5.41, 5.74) is 0. The number of esters is 1. The van der Waals surface area contributed by atoms with Gasteiger partial charge in [0.05, 0.1) is 16.9 Å². The molecule has 1 unspecified atom stereocenters. The van der Waals surface area contributed by atoms with Gasteiger partial charge in [-0.1, -0.05) is 18.2 Å². The lowest BCUT2D eigenvalue weighted by Crippen LogP contribution is -2.31. The molecule has 5 nitrogen and oxygen atoms in total. The van der Waals surface area contributed by atoms with Crippen molar-refractivity contribution < 1.29 is 17.9 Å². The summed E-state index contributed by atoms with van der Waals surface area (Å²) in [6, 6.07) is 8.27. The van der Waals surface area contributed by atoms with E-state index >= 15 is 0 Å². The van der Waals surface area contributed by atoms with Gasteiger partial charge in [-0.25, -0.2) is 8.42 Å². The Balaban J connectivity index is 2.08. The third-order valence-corrected chi connectivity index (χ3v) is 5.10. The summed E-state index contributed by atoms with van der Waals surface area (Å²) in [5.74, 6) is -0.679. The van der Waals surface area contributed by atoms with Gasteiger partial charge < -0.3 is 4.74 Å². The van der Waals surface area contributed by atoms with E-state index in [-0.39, 0.29) is 29.4 Å². The Morgan fingerprint density at radius 1 is 1.30 bits per heavy atom. The third-order valence-electron chi connectivity index (χ3n) is 3.22. The van der Waals surface area contributed by atoms with Gasteiger partial charge in [0.1, 0.15) is 0 Å². The Kier molecular flexibility index (Phi) is 4.45. The monoisotopic (exact) mass is 297 g/mol. The first-order chi connectivity index (χ1) is 9.41. The van der Waals surface area contributed by atoms with Crippen LogP contribution in [0.2, 0.25) is 0 Å². The Labute approximate surface area is 119 Å². The molecule has 6 heteroatoms. The van der Waals surface area contributed by atoms with Crippen LogP contribution in [0.1, 0.15) is 20.3 Å². The molecule has 1 aromatic rings. The number of nitrogens with zero attached hydrogens (tertiary/aromatic N) is 1. The highest BCUT2D eigenvalue weighted by Crippen LogP contribution is 2.25. The van der Waals surface area contributed by atoms with Crippen molar-refractivity contribution in [1.82, 2.24) is 4.31 Å². The van der Waals surface area contributed by atoms with E-state index in [1.54, 1.807) is 44.2 Å². The number of rotatable bonds is 4. The Morgan fingerprint density at radius 3 is 2.55 bits per heavy atom. The number of carbonyl (C=O) groups excluding carboxylic acids is 1. The number of carbonyl (C=O) groups is 1. The zero-order valence-electron chi connectivity index (χ0n) is 11.7. The summed E-state index contributed by atoms with van der Waals surface area (Å²) in [6.07, 6.45) is 0.333. The first-order valence-corrected chi connectivity index (χ1v) is 8.11. The van der Waals surface area contributed by atoms with Crippen molar-refractivity contribution in [3.8, 4) is 0 Å². The molecule has 0 aliphatic carbocycles. The van der Waals surface area contributed by atoms with E-state index in [1.807, 2.05) is 0 Å². The molecule has 0 N–H and O–H groups in total. The highest BCUT2D eigenvalue weighted by molar-refractivity contribution is 7.89. The average Bonchev–Trinajstić information content (AvgIpc) is 2.89. The molecule has 1 fully saturated rings. The molecular formula is C14H19NO4S. The third kappa shape index (κ3) is 3.19. The number of ether oxygens (including phenoxy) is 1. The molecular weight excluding hydrogens is 278 g/mol. The molecule has 20 heavy (non-hydrogen) atoms. The van der Waals surface area contributed by atoms with E-state index in [1.165, 1.54) is 4.31 Å². The molecule has 0 radical (unpaired) electrons. The molecule has 0 spiro atoms. The van der Waals surface area contributed by atoms with Gasteiger partial charge in [-0.2, -0.15) is 4.31 Å². The van der Waals surface area contributed by atoms with Gasteiger partial charge in [0.15, 0.2) is 0 Å². The SMILES string of the molecule is CC(C)OC(=O)C1CCN(S(=O)(=O)c2ccccc2)C1. The standard InChI is InChI=1S/C14H19NO4S/c1-11(2)19-14(16)12-8-9-15(10-12)20(17,18)13-6-4-3-5-7-13/h3-7,11-12H,8-10H2,1-2H3. The van der Waals surface area contributed by atoms with Crippen molar-refractivity contribution in [3.63, 3.8) is 0 Å². The second-order valence-electron chi connectivity index (χ2n) is 5.15. The second-order valence-corrected chi connectivity index (χ2v) is 7.09. The summed E-state index contributed by atoms with van der Waals surface area (Å²) in [7, 11) is -3.51. The lowest BCUT2D eigenvalue weighted by atomic mass is 10.1. The van der Waals surface area contributed by atoms with Crippen LogP contribution in [0.25, 0.3) is 0 Å². The van der Waals surface area contributed by atoms with Crippen LogP contribution in [0.5, 0.6) is 0 Å². The van der Waals surface area contributed by atoms with Crippen LogP contribution in [0.15, 0.2) is 35.2 Å². The van der Waals surface area contributed by atoms with Gasteiger partial charge in [0, 0.05) is 13.1 Å². The van der Waals surface area contributed by atoms with Gasteiger partial charge in [0.25, 0.3) is 0 Å². The van der Waals surface area contributed by atoms with Crippen LogP contribution in [-0.4, -0.2) is 37.9 Å². The first-order valence-electron chi connectivity index (χ1n) is 6.67. The molecule has 2 rings (SSSR count). The minimum Gasteiger partial charge on any atom is -0.463 e. The molecule has 1 aliphatic heterocycles. The van der Waals surface area contributed by atoms with E-state index in [9.17, 15) is 13.2 Å². The molecule has 1 aliphatic rings. The summed E-state index contributed by atoms with van der Waals surface area (Å²) in [5, 5.41) is 0. The fourth-order valence-corrected chi connectivity index (χ4v) is 3.73. The van der Waals surface area contributed by atoms with E-state index in [4.69, 9.17) is 4.74 Å². The minimum absolute atomic E-state index is 0.178. The highest BCUT2D eigenvalue weighted by Gasteiger charge is 2.36. The van der Waals surface area contributed by atoms with Gasteiger partial charge >= 0.3 is 5.97 Å². The van der Waals surface area contributed by atoms with E-state index in [0.717, 1.165) is 0 Å². The van der Waals surface area contributed by atoms with Gasteiger partial charge in [-0.05, 0) is 32.4 Å². The van der Waals surface area contributed by atoms with Crippen LogP contribution < -0.4 is 0 Å². The smallest absolute Gasteiger partial charge is 0.310 e. The molecule has 0 bridgehead atoms. The number of sulfonamides is 1. The maximum absolute atomic E-state index is 12.4. The van der Waals surface area contributed by atoms with Gasteiger partial charge in [-0.15, -0.1) is 0 Å². The molecule has 0 aromatic heterocycles. The van der Waals surface area contributed by atoms with E-state index in [0.29, 0.717) is 13.0 Å². The first kappa shape index (κ1) is 15.0.